The Labute approximate surface area is 87.5 Å². The number of nitrogens with one attached hydrogen (secondary N) is 2. The molecule has 0 spiro atoms. The molecule has 0 aromatic carbocycles. The summed E-state index contributed by atoms with van der Waals surface area (Å²) in [5, 5.41) is 3.21. The second-order valence-electron chi connectivity index (χ2n) is 2.96. The largest absolute Gasteiger partial charge is 0.393 e. The van der Waals surface area contributed by atoms with Gasteiger partial charge in [0.15, 0.2) is 0 Å². The minimum absolute atomic E-state index is 0.119. The van der Waals surface area contributed by atoms with Gasteiger partial charge in [0.2, 0.25) is 5.95 Å². The molecule has 78 valence electrons. The SMILES string of the molecule is CCC(S)CNc1ncc(N)c(=O)[nH]1. The normalized spacial score (nSPS) is 12.4. The number of thiol groups is 1. The van der Waals surface area contributed by atoms with Gasteiger partial charge in [-0.05, 0) is 6.42 Å². The molecule has 0 amide bonds. The molecule has 0 fully saturated rings. The predicted octanol–water partition coefficient (Wildman–Crippen LogP) is 0.472. The van der Waals surface area contributed by atoms with Gasteiger partial charge in [-0.25, -0.2) is 4.98 Å². The van der Waals surface area contributed by atoms with Gasteiger partial charge in [0.05, 0.1) is 6.20 Å². The van der Waals surface area contributed by atoms with E-state index in [1.807, 2.05) is 6.92 Å². The van der Waals surface area contributed by atoms with Crippen LogP contribution >= 0.6 is 12.6 Å². The molecule has 0 saturated heterocycles. The number of nitrogens with two attached hydrogens (primary N) is 1. The van der Waals surface area contributed by atoms with Crippen LogP contribution in [0.25, 0.3) is 0 Å². The smallest absolute Gasteiger partial charge is 0.275 e. The molecule has 1 aromatic heterocycles. The molecule has 1 rings (SSSR count). The second-order valence-corrected chi connectivity index (χ2v) is 3.69. The molecule has 14 heavy (non-hydrogen) atoms. The standard InChI is InChI=1S/C8H14N4OS/c1-2-5(14)3-10-8-11-4-6(9)7(13)12-8/h4-5,14H,2-3,9H2,1H3,(H2,10,11,12,13). The van der Waals surface area contributed by atoms with Gasteiger partial charge >= 0.3 is 0 Å². The summed E-state index contributed by atoms with van der Waals surface area (Å²) in [5.41, 5.74) is 5.12. The molecule has 0 aliphatic heterocycles. The Balaban J connectivity index is 2.60. The molecule has 1 aromatic rings. The topological polar surface area (TPSA) is 83.8 Å². The Morgan fingerprint density at radius 3 is 3.07 bits per heavy atom. The van der Waals surface area contributed by atoms with Crippen LogP contribution in [0.4, 0.5) is 11.6 Å². The van der Waals surface area contributed by atoms with Gasteiger partial charge in [-0.15, -0.1) is 0 Å². The zero-order valence-electron chi connectivity index (χ0n) is 7.95. The van der Waals surface area contributed by atoms with Crippen molar-refractivity contribution < 1.29 is 0 Å². The molecule has 6 heteroatoms. The van der Waals surface area contributed by atoms with E-state index in [4.69, 9.17) is 5.73 Å². The molecule has 1 unspecified atom stereocenters. The molecule has 0 saturated carbocycles. The minimum Gasteiger partial charge on any atom is -0.393 e. The second kappa shape index (κ2) is 4.90. The fourth-order valence-corrected chi connectivity index (χ4v) is 0.945. The number of hydrogen-bond acceptors (Lipinski definition) is 5. The van der Waals surface area contributed by atoms with Crippen LogP contribution in [-0.2, 0) is 0 Å². The zero-order valence-corrected chi connectivity index (χ0v) is 8.84. The van der Waals surface area contributed by atoms with Crippen molar-refractivity contribution in [1.29, 1.82) is 0 Å². The van der Waals surface area contributed by atoms with E-state index in [2.05, 4.69) is 27.9 Å². The van der Waals surface area contributed by atoms with Crippen LogP contribution in [0.5, 0.6) is 0 Å². The van der Waals surface area contributed by atoms with Crippen molar-refractivity contribution in [2.75, 3.05) is 17.6 Å². The van der Waals surface area contributed by atoms with E-state index < -0.39 is 0 Å². The van der Waals surface area contributed by atoms with Crippen molar-refractivity contribution in [3.05, 3.63) is 16.6 Å². The molecular formula is C8H14N4OS. The highest BCUT2D eigenvalue weighted by molar-refractivity contribution is 7.81. The van der Waals surface area contributed by atoms with E-state index in [1.54, 1.807) is 0 Å². The maximum absolute atomic E-state index is 11.1. The van der Waals surface area contributed by atoms with Crippen molar-refractivity contribution in [3.63, 3.8) is 0 Å². The molecule has 0 radical (unpaired) electrons. The summed E-state index contributed by atoms with van der Waals surface area (Å²) in [5.74, 6) is 0.428. The first-order chi connectivity index (χ1) is 6.63. The van der Waals surface area contributed by atoms with Crippen molar-refractivity contribution in [2.24, 2.45) is 0 Å². The van der Waals surface area contributed by atoms with Gasteiger partial charge in [0.25, 0.3) is 5.56 Å². The Kier molecular flexibility index (Phi) is 3.82. The lowest BCUT2D eigenvalue weighted by Crippen LogP contribution is -2.19. The van der Waals surface area contributed by atoms with Crippen molar-refractivity contribution >= 4 is 24.3 Å². The highest BCUT2D eigenvalue weighted by Crippen LogP contribution is 2.02. The monoisotopic (exact) mass is 214 g/mol. The average Bonchev–Trinajstić information content (AvgIpc) is 2.19. The highest BCUT2D eigenvalue weighted by atomic mass is 32.1. The number of aromatic amines is 1. The number of nitrogens with zero attached hydrogens (tertiary/aromatic N) is 1. The summed E-state index contributed by atoms with van der Waals surface area (Å²) in [7, 11) is 0. The summed E-state index contributed by atoms with van der Waals surface area (Å²) in [6.07, 6.45) is 2.29. The maximum Gasteiger partial charge on any atom is 0.275 e. The zero-order chi connectivity index (χ0) is 10.6. The number of nitrogen functional groups attached to an aromatic ring is 1. The summed E-state index contributed by atoms with van der Waals surface area (Å²) in [6, 6.07) is 0. The first-order valence-corrected chi connectivity index (χ1v) is 4.92. The first-order valence-electron chi connectivity index (χ1n) is 4.40. The fraction of sp³-hybridized carbons (Fsp3) is 0.500. The predicted molar refractivity (Wildman–Crippen MR) is 60.8 cm³/mol. The van der Waals surface area contributed by atoms with Crippen LogP contribution in [0.1, 0.15) is 13.3 Å². The van der Waals surface area contributed by atoms with E-state index in [0.29, 0.717) is 12.5 Å². The summed E-state index contributed by atoms with van der Waals surface area (Å²) < 4.78 is 0. The molecule has 5 nitrogen and oxygen atoms in total. The Morgan fingerprint density at radius 2 is 2.50 bits per heavy atom. The summed E-state index contributed by atoms with van der Waals surface area (Å²) in [4.78, 5) is 17.5. The number of anilines is 2. The van der Waals surface area contributed by atoms with E-state index in [1.165, 1.54) is 6.20 Å². The Morgan fingerprint density at radius 1 is 1.79 bits per heavy atom. The van der Waals surface area contributed by atoms with Crippen molar-refractivity contribution in [1.82, 2.24) is 9.97 Å². The van der Waals surface area contributed by atoms with E-state index in [9.17, 15) is 4.79 Å². The molecule has 0 bridgehead atoms. The number of aromatic nitrogens is 2. The lowest BCUT2D eigenvalue weighted by Gasteiger charge is -2.09. The Bertz CT molecular complexity index is 351. The maximum atomic E-state index is 11.1. The van der Waals surface area contributed by atoms with Crippen molar-refractivity contribution in [3.8, 4) is 0 Å². The van der Waals surface area contributed by atoms with E-state index in [0.717, 1.165) is 6.42 Å². The fourth-order valence-electron chi connectivity index (χ4n) is 0.853. The van der Waals surface area contributed by atoms with Gasteiger partial charge in [0.1, 0.15) is 5.69 Å². The van der Waals surface area contributed by atoms with E-state index >= 15 is 0 Å². The van der Waals surface area contributed by atoms with Crippen LogP contribution in [-0.4, -0.2) is 21.8 Å². The number of rotatable bonds is 4. The lowest BCUT2D eigenvalue weighted by molar-refractivity contribution is 0.850. The quantitative estimate of drug-likeness (QED) is 0.549. The van der Waals surface area contributed by atoms with Gasteiger partial charge in [-0.2, -0.15) is 12.6 Å². The van der Waals surface area contributed by atoms with Crippen LogP contribution in [0.15, 0.2) is 11.0 Å². The van der Waals surface area contributed by atoms with Gasteiger partial charge in [-0.1, -0.05) is 6.92 Å². The number of H-pyrrole nitrogens is 1. The summed E-state index contributed by atoms with van der Waals surface area (Å²) in [6.45, 7) is 2.70. The summed E-state index contributed by atoms with van der Waals surface area (Å²) >= 11 is 4.30. The molecule has 1 heterocycles. The molecular weight excluding hydrogens is 200 g/mol. The van der Waals surface area contributed by atoms with Crippen LogP contribution < -0.4 is 16.6 Å². The third-order valence-corrected chi connectivity index (χ3v) is 2.35. The van der Waals surface area contributed by atoms with Gasteiger partial charge < -0.3 is 11.1 Å². The van der Waals surface area contributed by atoms with Gasteiger partial charge in [-0.3, -0.25) is 9.78 Å². The molecule has 0 aliphatic rings. The lowest BCUT2D eigenvalue weighted by atomic mass is 10.3. The molecule has 1 atom stereocenters. The highest BCUT2D eigenvalue weighted by Gasteiger charge is 2.01. The minimum atomic E-state index is -0.324. The average molecular weight is 214 g/mol. The third kappa shape index (κ3) is 2.95. The van der Waals surface area contributed by atoms with Crippen LogP contribution in [0, 0.1) is 0 Å². The first kappa shape index (κ1) is 10.9. The molecule has 0 aliphatic carbocycles. The van der Waals surface area contributed by atoms with Crippen LogP contribution in [0.2, 0.25) is 0 Å². The Hall–Kier alpha value is -1.17. The number of hydrogen-bond donors (Lipinski definition) is 4. The van der Waals surface area contributed by atoms with Gasteiger partial charge in [0, 0.05) is 11.8 Å². The van der Waals surface area contributed by atoms with Crippen molar-refractivity contribution in [2.45, 2.75) is 18.6 Å². The molecule has 4 N–H and O–H groups in total. The van der Waals surface area contributed by atoms with Crippen LogP contribution in [0.3, 0.4) is 0 Å². The van der Waals surface area contributed by atoms with E-state index in [-0.39, 0.29) is 16.5 Å². The third-order valence-electron chi connectivity index (χ3n) is 1.80.